The summed E-state index contributed by atoms with van der Waals surface area (Å²) in [5.41, 5.74) is 4.39. The van der Waals surface area contributed by atoms with Gasteiger partial charge in [0.2, 0.25) is 10.0 Å². The van der Waals surface area contributed by atoms with E-state index < -0.39 is 32.6 Å². The van der Waals surface area contributed by atoms with Gasteiger partial charge in [-0.2, -0.15) is 4.31 Å². The fraction of sp³-hybridized carbons (Fsp3) is 0.300. The van der Waals surface area contributed by atoms with E-state index in [0.717, 1.165) is 22.5 Å². The number of hydrazine groups is 1. The lowest BCUT2D eigenvalue weighted by molar-refractivity contribution is 0.0729. The summed E-state index contributed by atoms with van der Waals surface area (Å²) in [7, 11) is -1.30. The Bertz CT molecular complexity index is 1100. The maximum Gasteiger partial charge on any atom is 0.269 e. The fourth-order valence-electron chi connectivity index (χ4n) is 2.96. The molecule has 2 amide bonds. The second kappa shape index (κ2) is 9.94. The van der Waals surface area contributed by atoms with Gasteiger partial charge in [-0.15, -0.1) is 0 Å². The Balaban J connectivity index is 1.75. The molecule has 2 aromatic rings. The van der Waals surface area contributed by atoms with Crippen molar-refractivity contribution in [2.45, 2.75) is 4.90 Å². The number of halogens is 1. The van der Waals surface area contributed by atoms with Crippen LogP contribution in [0.2, 0.25) is 0 Å². The second-order valence-electron chi connectivity index (χ2n) is 6.67. The van der Waals surface area contributed by atoms with E-state index >= 15 is 0 Å². The molecule has 10 nitrogen and oxygen atoms in total. The Labute approximate surface area is 184 Å². The van der Waals surface area contributed by atoms with Crippen molar-refractivity contribution in [3.63, 3.8) is 0 Å². The molecule has 1 heterocycles. The molecular weight excluding hydrogens is 445 g/mol. The third-order valence-corrected chi connectivity index (χ3v) is 6.60. The smallest absolute Gasteiger partial charge is 0.269 e. The lowest BCUT2D eigenvalue weighted by Crippen LogP contribution is -2.42. The zero-order valence-electron chi connectivity index (χ0n) is 17.4. The van der Waals surface area contributed by atoms with Crippen LogP contribution in [0.5, 0.6) is 11.5 Å². The number of rotatable bonds is 6. The van der Waals surface area contributed by atoms with Crippen molar-refractivity contribution < 1.29 is 36.6 Å². The minimum absolute atomic E-state index is 0.0816. The number of benzene rings is 2. The van der Waals surface area contributed by atoms with Gasteiger partial charge in [0.25, 0.3) is 11.8 Å². The molecule has 1 fully saturated rings. The predicted molar refractivity (Wildman–Crippen MR) is 110 cm³/mol. The van der Waals surface area contributed by atoms with E-state index in [1.54, 1.807) is 6.07 Å². The highest BCUT2D eigenvalue weighted by atomic mass is 32.2. The number of carbonyl (C=O) groups is 2. The SMILES string of the molecule is COc1cc(OC)cc(C(=O)NNC(=O)c2ccc(F)c(S(=O)(=O)N3CCOCC3)c2)c1. The summed E-state index contributed by atoms with van der Waals surface area (Å²) in [4.78, 5) is 24.2. The van der Waals surface area contributed by atoms with Crippen molar-refractivity contribution >= 4 is 21.8 Å². The van der Waals surface area contributed by atoms with Crippen LogP contribution < -0.4 is 20.3 Å². The molecule has 0 aliphatic carbocycles. The minimum atomic E-state index is -4.16. The van der Waals surface area contributed by atoms with E-state index in [0.29, 0.717) is 11.5 Å². The molecule has 0 bridgehead atoms. The third-order valence-electron chi connectivity index (χ3n) is 4.68. The van der Waals surface area contributed by atoms with E-state index in [1.165, 1.54) is 26.4 Å². The van der Waals surface area contributed by atoms with Gasteiger partial charge in [0.05, 0.1) is 27.4 Å². The number of sulfonamides is 1. The van der Waals surface area contributed by atoms with Crippen LogP contribution in [0.3, 0.4) is 0 Å². The summed E-state index contributed by atoms with van der Waals surface area (Å²) in [5.74, 6) is -1.74. The summed E-state index contributed by atoms with van der Waals surface area (Å²) in [6.07, 6.45) is 0. The Kier molecular flexibility index (Phi) is 7.28. The summed E-state index contributed by atoms with van der Waals surface area (Å²) < 4.78 is 56.2. The number of hydrogen-bond donors (Lipinski definition) is 2. The molecule has 0 aromatic heterocycles. The largest absolute Gasteiger partial charge is 0.497 e. The first-order valence-electron chi connectivity index (χ1n) is 9.47. The zero-order chi connectivity index (χ0) is 23.3. The molecule has 2 N–H and O–H groups in total. The van der Waals surface area contributed by atoms with Gasteiger partial charge in [-0.05, 0) is 30.3 Å². The van der Waals surface area contributed by atoms with Crippen molar-refractivity contribution in [3.8, 4) is 11.5 Å². The van der Waals surface area contributed by atoms with Crippen LogP contribution in [0.25, 0.3) is 0 Å². The Hall–Kier alpha value is -3.22. The normalized spacial score (nSPS) is 14.5. The molecular formula is C20H22FN3O7S. The number of nitrogens with one attached hydrogen (secondary N) is 2. The number of carbonyl (C=O) groups excluding carboxylic acids is 2. The molecule has 2 aromatic carbocycles. The van der Waals surface area contributed by atoms with Crippen LogP contribution in [-0.2, 0) is 14.8 Å². The lowest BCUT2D eigenvalue weighted by atomic mass is 10.2. The first kappa shape index (κ1) is 23.4. The number of hydrogen-bond acceptors (Lipinski definition) is 7. The van der Waals surface area contributed by atoms with Crippen LogP contribution in [0, 0.1) is 5.82 Å². The van der Waals surface area contributed by atoms with E-state index in [4.69, 9.17) is 14.2 Å². The highest BCUT2D eigenvalue weighted by molar-refractivity contribution is 7.89. The van der Waals surface area contributed by atoms with E-state index in [2.05, 4.69) is 10.9 Å². The molecule has 3 rings (SSSR count). The van der Waals surface area contributed by atoms with Crippen LogP contribution in [0.1, 0.15) is 20.7 Å². The van der Waals surface area contributed by atoms with Crippen molar-refractivity contribution in [2.24, 2.45) is 0 Å². The summed E-state index contributed by atoms with van der Waals surface area (Å²) in [6, 6.07) is 7.38. The quantitative estimate of drug-likeness (QED) is 0.606. The first-order chi connectivity index (χ1) is 15.3. The molecule has 0 unspecified atom stereocenters. The van der Waals surface area contributed by atoms with Crippen molar-refractivity contribution in [1.82, 2.24) is 15.2 Å². The molecule has 0 saturated carbocycles. The monoisotopic (exact) mass is 467 g/mol. The van der Waals surface area contributed by atoms with Gasteiger partial charge < -0.3 is 14.2 Å². The minimum Gasteiger partial charge on any atom is -0.497 e. The van der Waals surface area contributed by atoms with Crippen LogP contribution in [-0.4, -0.2) is 65.1 Å². The fourth-order valence-corrected chi connectivity index (χ4v) is 4.46. The predicted octanol–water partition coefficient (Wildman–Crippen LogP) is 0.939. The maximum atomic E-state index is 14.3. The van der Waals surface area contributed by atoms with Gasteiger partial charge in [-0.1, -0.05) is 0 Å². The van der Waals surface area contributed by atoms with E-state index in [9.17, 15) is 22.4 Å². The van der Waals surface area contributed by atoms with E-state index in [-0.39, 0.29) is 37.4 Å². The molecule has 172 valence electrons. The number of amides is 2. The molecule has 0 radical (unpaired) electrons. The topological polar surface area (TPSA) is 123 Å². The van der Waals surface area contributed by atoms with Gasteiger partial charge in [-0.3, -0.25) is 20.4 Å². The van der Waals surface area contributed by atoms with Crippen LogP contribution >= 0.6 is 0 Å². The van der Waals surface area contributed by atoms with Crippen molar-refractivity contribution in [1.29, 1.82) is 0 Å². The Morgan fingerprint density at radius 3 is 2.06 bits per heavy atom. The lowest BCUT2D eigenvalue weighted by Gasteiger charge is -2.26. The van der Waals surface area contributed by atoms with Gasteiger partial charge in [-0.25, -0.2) is 12.8 Å². The molecule has 0 spiro atoms. The molecule has 1 aliphatic heterocycles. The summed E-state index contributed by atoms with van der Waals surface area (Å²) in [5, 5.41) is 0. The number of morpholine rings is 1. The number of methoxy groups -OCH3 is 2. The summed E-state index contributed by atoms with van der Waals surface area (Å²) in [6.45, 7) is 0.556. The third kappa shape index (κ3) is 5.15. The maximum absolute atomic E-state index is 14.3. The molecule has 0 atom stereocenters. The van der Waals surface area contributed by atoms with Crippen LogP contribution in [0.15, 0.2) is 41.3 Å². The average Bonchev–Trinajstić information content (AvgIpc) is 2.82. The van der Waals surface area contributed by atoms with Gasteiger partial charge in [0.15, 0.2) is 0 Å². The zero-order valence-corrected chi connectivity index (χ0v) is 18.2. The molecule has 1 saturated heterocycles. The summed E-state index contributed by atoms with van der Waals surface area (Å²) >= 11 is 0. The molecule has 1 aliphatic rings. The highest BCUT2D eigenvalue weighted by Gasteiger charge is 2.29. The van der Waals surface area contributed by atoms with Crippen molar-refractivity contribution in [3.05, 3.63) is 53.3 Å². The second-order valence-corrected chi connectivity index (χ2v) is 8.58. The average molecular weight is 467 g/mol. The van der Waals surface area contributed by atoms with Crippen LogP contribution in [0.4, 0.5) is 4.39 Å². The van der Waals surface area contributed by atoms with Gasteiger partial charge in [0, 0.05) is 30.3 Å². The number of ether oxygens (including phenoxy) is 3. The Morgan fingerprint density at radius 1 is 0.938 bits per heavy atom. The molecule has 12 heteroatoms. The highest BCUT2D eigenvalue weighted by Crippen LogP contribution is 2.23. The van der Waals surface area contributed by atoms with Gasteiger partial charge >= 0.3 is 0 Å². The van der Waals surface area contributed by atoms with Gasteiger partial charge in [0.1, 0.15) is 22.2 Å². The van der Waals surface area contributed by atoms with Crippen molar-refractivity contribution in [2.75, 3.05) is 40.5 Å². The molecule has 32 heavy (non-hydrogen) atoms. The van der Waals surface area contributed by atoms with E-state index in [1.807, 2.05) is 0 Å². The number of nitrogens with zero attached hydrogens (tertiary/aromatic N) is 1. The first-order valence-corrected chi connectivity index (χ1v) is 10.9. The Morgan fingerprint density at radius 2 is 1.50 bits per heavy atom. The standard InChI is InChI=1S/C20H22FN3O7S/c1-29-15-9-14(10-16(12-15)30-2)20(26)23-22-19(25)13-3-4-17(21)18(11-13)32(27,28)24-5-7-31-8-6-24/h3-4,9-12H,5-8H2,1-2H3,(H,22,25)(H,23,26).